The molecule has 0 bridgehead atoms. The van der Waals surface area contributed by atoms with Gasteiger partial charge in [0.2, 0.25) is 0 Å². The maximum absolute atomic E-state index is 9.14. The highest BCUT2D eigenvalue weighted by Gasteiger charge is 2.12. The molecule has 3 heteroatoms. The largest absolute Gasteiger partial charge is 0.493 e. The number of hydrogen-bond acceptors (Lipinski definition) is 2. The van der Waals surface area contributed by atoms with Crippen molar-refractivity contribution in [1.82, 2.24) is 0 Å². The Morgan fingerprint density at radius 2 is 2.13 bits per heavy atom. The summed E-state index contributed by atoms with van der Waals surface area (Å²) in [5.74, 6) is 1.47. The van der Waals surface area contributed by atoms with Crippen molar-refractivity contribution >= 4 is 15.9 Å². The second kappa shape index (κ2) is 6.13. The lowest BCUT2D eigenvalue weighted by Gasteiger charge is -2.18. The minimum Gasteiger partial charge on any atom is -0.493 e. The van der Waals surface area contributed by atoms with Crippen molar-refractivity contribution in [2.24, 2.45) is 11.8 Å². The molecule has 15 heavy (non-hydrogen) atoms. The summed E-state index contributed by atoms with van der Waals surface area (Å²) in [4.78, 5) is 0. The highest BCUT2D eigenvalue weighted by Crippen LogP contribution is 2.19. The van der Waals surface area contributed by atoms with E-state index in [4.69, 9.17) is 9.84 Å². The maximum Gasteiger partial charge on any atom is 0.120 e. The summed E-state index contributed by atoms with van der Waals surface area (Å²) in [7, 11) is 0. The number of halogens is 1. The van der Waals surface area contributed by atoms with Gasteiger partial charge in [0.05, 0.1) is 6.61 Å². The van der Waals surface area contributed by atoms with Gasteiger partial charge in [-0.1, -0.05) is 35.8 Å². The van der Waals surface area contributed by atoms with E-state index in [1.165, 1.54) is 0 Å². The maximum atomic E-state index is 9.14. The number of hydrogen-bond donors (Lipinski definition) is 1. The molecule has 0 aliphatic carbocycles. The molecule has 0 fully saturated rings. The molecule has 0 saturated carbocycles. The van der Waals surface area contributed by atoms with Gasteiger partial charge >= 0.3 is 0 Å². The first kappa shape index (κ1) is 12.5. The molecule has 1 atom stereocenters. The first-order valence-electron chi connectivity index (χ1n) is 5.12. The van der Waals surface area contributed by atoms with Crippen LogP contribution in [-0.2, 0) is 0 Å². The van der Waals surface area contributed by atoms with E-state index >= 15 is 0 Å². The van der Waals surface area contributed by atoms with Gasteiger partial charge in [0, 0.05) is 17.0 Å². The Kier molecular flexibility index (Phi) is 5.12. The van der Waals surface area contributed by atoms with E-state index in [9.17, 15) is 0 Å². The molecule has 0 amide bonds. The van der Waals surface area contributed by atoms with Gasteiger partial charge in [-0.05, 0) is 24.1 Å². The standard InChI is InChI=1S/C12H17BrO2/c1-9(2)10(7-14)8-15-12-5-3-4-11(13)6-12/h3-6,9-10,14H,7-8H2,1-2H3. The van der Waals surface area contributed by atoms with Crippen LogP contribution in [0.3, 0.4) is 0 Å². The van der Waals surface area contributed by atoms with Crippen LogP contribution in [0, 0.1) is 11.8 Å². The lowest BCUT2D eigenvalue weighted by atomic mass is 9.98. The van der Waals surface area contributed by atoms with Crippen molar-refractivity contribution in [3.63, 3.8) is 0 Å². The minimum absolute atomic E-state index is 0.172. The molecule has 1 aromatic carbocycles. The molecule has 0 aliphatic rings. The number of aliphatic hydroxyl groups excluding tert-OH is 1. The average Bonchev–Trinajstić information content (AvgIpc) is 2.18. The van der Waals surface area contributed by atoms with Gasteiger partial charge < -0.3 is 9.84 Å². The van der Waals surface area contributed by atoms with Crippen LogP contribution in [0.1, 0.15) is 13.8 Å². The molecule has 2 nitrogen and oxygen atoms in total. The Morgan fingerprint density at radius 3 is 2.67 bits per heavy atom. The normalized spacial score (nSPS) is 12.9. The molecular weight excluding hydrogens is 256 g/mol. The van der Waals surface area contributed by atoms with Crippen LogP contribution >= 0.6 is 15.9 Å². The van der Waals surface area contributed by atoms with Gasteiger partial charge in [0.25, 0.3) is 0 Å². The third-order valence-corrected chi connectivity index (χ3v) is 2.93. The summed E-state index contributed by atoms with van der Waals surface area (Å²) >= 11 is 3.39. The lowest BCUT2D eigenvalue weighted by Crippen LogP contribution is -2.21. The second-order valence-corrected chi connectivity index (χ2v) is 4.87. The fourth-order valence-electron chi connectivity index (χ4n) is 1.22. The topological polar surface area (TPSA) is 29.5 Å². The quantitative estimate of drug-likeness (QED) is 0.893. The molecule has 0 spiro atoms. The summed E-state index contributed by atoms with van der Waals surface area (Å²) in [6.45, 7) is 4.91. The van der Waals surface area contributed by atoms with Gasteiger partial charge in [-0.15, -0.1) is 0 Å². The average molecular weight is 273 g/mol. The number of benzene rings is 1. The molecule has 0 radical (unpaired) electrons. The Labute approximate surface area is 99.4 Å². The first-order valence-corrected chi connectivity index (χ1v) is 5.92. The summed E-state index contributed by atoms with van der Waals surface area (Å²) < 4.78 is 6.62. The predicted octanol–water partition coefficient (Wildman–Crippen LogP) is 3.09. The zero-order valence-corrected chi connectivity index (χ0v) is 10.7. The molecule has 1 rings (SSSR count). The fraction of sp³-hybridized carbons (Fsp3) is 0.500. The molecule has 1 N–H and O–H groups in total. The van der Waals surface area contributed by atoms with Crippen molar-refractivity contribution in [2.75, 3.05) is 13.2 Å². The molecule has 0 saturated heterocycles. The number of rotatable bonds is 5. The van der Waals surface area contributed by atoms with E-state index in [0.29, 0.717) is 12.5 Å². The van der Waals surface area contributed by atoms with E-state index in [-0.39, 0.29) is 12.5 Å². The zero-order chi connectivity index (χ0) is 11.3. The smallest absolute Gasteiger partial charge is 0.120 e. The van der Waals surface area contributed by atoms with Gasteiger partial charge in [0.1, 0.15) is 5.75 Å². The Balaban J connectivity index is 2.49. The Morgan fingerprint density at radius 1 is 1.40 bits per heavy atom. The van der Waals surface area contributed by atoms with Crippen LogP contribution in [0.4, 0.5) is 0 Å². The SMILES string of the molecule is CC(C)C(CO)COc1cccc(Br)c1. The third-order valence-electron chi connectivity index (χ3n) is 2.44. The molecule has 84 valence electrons. The molecule has 0 heterocycles. The fourth-order valence-corrected chi connectivity index (χ4v) is 1.59. The molecule has 0 aromatic heterocycles. The van der Waals surface area contributed by atoms with E-state index in [2.05, 4.69) is 29.8 Å². The summed E-state index contributed by atoms with van der Waals surface area (Å²) in [5.41, 5.74) is 0. The van der Waals surface area contributed by atoms with Crippen molar-refractivity contribution in [3.8, 4) is 5.75 Å². The van der Waals surface area contributed by atoms with Crippen LogP contribution in [0.2, 0.25) is 0 Å². The highest BCUT2D eigenvalue weighted by molar-refractivity contribution is 9.10. The van der Waals surface area contributed by atoms with E-state index in [1.54, 1.807) is 0 Å². The van der Waals surface area contributed by atoms with Crippen molar-refractivity contribution < 1.29 is 9.84 Å². The van der Waals surface area contributed by atoms with E-state index in [0.717, 1.165) is 10.2 Å². The minimum atomic E-state index is 0.172. The number of aliphatic hydroxyl groups is 1. The monoisotopic (exact) mass is 272 g/mol. The van der Waals surface area contributed by atoms with Crippen LogP contribution in [0.25, 0.3) is 0 Å². The van der Waals surface area contributed by atoms with Crippen molar-refractivity contribution in [3.05, 3.63) is 28.7 Å². The van der Waals surface area contributed by atoms with Crippen LogP contribution < -0.4 is 4.74 Å². The van der Waals surface area contributed by atoms with Gasteiger partial charge in [0.15, 0.2) is 0 Å². The second-order valence-electron chi connectivity index (χ2n) is 3.96. The molecule has 1 aromatic rings. The van der Waals surface area contributed by atoms with Crippen LogP contribution in [-0.4, -0.2) is 18.3 Å². The molecular formula is C12H17BrO2. The predicted molar refractivity (Wildman–Crippen MR) is 65.1 cm³/mol. The van der Waals surface area contributed by atoms with Crippen molar-refractivity contribution in [1.29, 1.82) is 0 Å². The Hall–Kier alpha value is -0.540. The van der Waals surface area contributed by atoms with Gasteiger partial charge in [-0.25, -0.2) is 0 Å². The van der Waals surface area contributed by atoms with Gasteiger partial charge in [-0.2, -0.15) is 0 Å². The van der Waals surface area contributed by atoms with Crippen molar-refractivity contribution in [2.45, 2.75) is 13.8 Å². The van der Waals surface area contributed by atoms with E-state index < -0.39 is 0 Å². The molecule has 1 unspecified atom stereocenters. The van der Waals surface area contributed by atoms with Crippen LogP contribution in [0.5, 0.6) is 5.75 Å². The summed E-state index contributed by atoms with van der Waals surface area (Å²) in [6, 6.07) is 7.73. The van der Waals surface area contributed by atoms with Crippen LogP contribution in [0.15, 0.2) is 28.7 Å². The number of ether oxygens (including phenoxy) is 1. The molecule has 0 aliphatic heterocycles. The summed E-state index contributed by atoms with van der Waals surface area (Å²) in [5, 5.41) is 9.14. The first-order chi connectivity index (χ1) is 7.13. The highest BCUT2D eigenvalue weighted by atomic mass is 79.9. The summed E-state index contributed by atoms with van der Waals surface area (Å²) in [6.07, 6.45) is 0. The van der Waals surface area contributed by atoms with E-state index in [1.807, 2.05) is 24.3 Å². The van der Waals surface area contributed by atoms with Gasteiger partial charge in [-0.3, -0.25) is 0 Å². The Bertz CT molecular complexity index is 299. The third kappa shape index (κ3) is 4.22. The zero-order valence-electron chi connectivity index (χ0n) is 9.11. The lowest BCUT2D eigenvalue weighted by molar-refractivity contribution is 0.130.